The summed E-state index contributed by atoms with van der Waals surface area (Å²) in [4.78, 5) is 22.0. The number of benzene rings is 1. The van der Waals surface area contributed by atoms with Crippen LogP contribution in [0.15, 0.2) is 29.2 Å². The van der Waals surface area contributed by atoms with E-state index >= 15 is 0 Å². The molecule has 3 N–H and O–H groups in total. The highest BCUT2D eigenvalue weighted by Crippen LogP contribution is 2.29. The molecule has 0 radical (unpaired) electrons. The van der Waals surface area contributed by atoms with Crippen LogP contribution in [0.4, 0.5) is 23.2 Å². The number of nitrogens with two attached hydrogens (primary N) is 1. The van der Waals surface area contributed by atoms with Gasteiger partial charge in [0.15, 0.2) is 0 Å². The lowest BCUT2D eigenvalue weighted by Gasteiger charge is -2.16. The van der Waals surface area contributed by atoms with E-state index in [0.717, 1.165) is 11.8 Å². The molecule has 0 aliphatic heterocycles. The van der Waals surface area contributed by atoms with E-state index in [1.54, 1.807) is 5.32 Å². The zero-order chi connectivity index (χ0) is 15.3. The first-order chi connectivity index (χ1) is 9.25. The van der Waals surface area contributed by atoms with Crippen molar-refractivity contribution in [2.75, 3.05) is 11.1 Å². The second kappa shape index (κ2) is 6.60. The molecule has 0 spiro atoms. The minimum absolute atomic E-state index is 0.0934. The van der Waals surface area contributed by atoms with Crippen LogP contribution in [0.3, 0.4) is 0 Å². The monoisotopic (exact) mass is 310 g/mol. The summed E-state index contributed by atoms with van der Waals surface area (Å²) in [6.45, 7) is 0. The van der Waals surface area contributed by atoms with Gasteiger partial charge in [-0.05, 0) is 12.1 Å². The van der Waals surface area contributed by atoms with E-state index in [4.69, 9.17) is 5.73 Å². The number of hydrogen-bond acceptors (Lipinski definition) is 3. The summed E-state index contributed by atoms with van der Waals surface area (Å²) >= 11 is 0.894. The average molecular weight is 310 g/mol. The van der Waals surface area contributed by atoms with E-state index in [2.05, 4.69) is 0 Å². The largest absolute Gasteiger partial charge is 0.383 e. The van der Waals surface area contributed by atoms with Gasteiger partial charge in [-0.25, -0.2) is 8.78 Å². The molecule has 4 nitrogen and oxygen atoms in total. The van der Waals surface area contributed by atoms with Crippen LogP contribution in [0.25, 0.3) is 0 Å². The maximum Gasteiger partial charge on any atom is 0.383 e. The molecule has 2 amide bonds. The normalized spacial score (nSPS) is 11.4. The van der Waals surface area contributed by atoms with Gasteiger partial charge in [0, 0.05) is 4.90 Å². The Morgan fingerprint density at radius 1 is 1.30 bits per heavy atom. The van der Waals surface area contributed by atoms with Gasteiger partial charge in [-0.2, -0.15) is 8.78 Å². The van der Waals surface area contributed by atoms with Crippen molar-refractivity contribution in [1.82, 2.24) is 0 Å². The average Bonchev–Trinajstić information content (AvgIpc) is 2.37. The molecule has 0 heterocycles. The minimum Gasteiger partial charge on any atom is -0.369 e. The molecule has 0 aromatic heterocycles. The van der Waals surface area contributed by atoms with Crippen molar-refractivity contribution in [3.05, 3.63) is 24.3 Å². The number of halogens is 4. The summed E-state index contributed by atoms with van der Waals surface area (Å²) < 4.78 is 49.7. The Bertz CT molecular complexity index is 511. The highest BCUT2D eigenvalue weighted by molar-refractivity contribution is 8.00. The number of carbonyl (C=O) groups is 2. The van der Waals surface area contributed by atoms with Crippen molar-refractivity contribution < 1.29 is 27.2 Å². The Morgan fingerprint density at radius 3 is 2.45 bits per heavy atom. The Hall–Kier alpha value is -1.77. The molecule has 20 heavy (non-hydrogen) atoms. The summed E-state index contributed by atoms with van der Waals surface area (Å²) in [5.74, 6) is -7.69. The molecule has 0 atom stereocenters. The van der Waals surface area contributed by atoms with Gasteiger partial charge in [-0.15, -0.1) is 11.8 Å². The van der Waals surface area contributed by atoms with Gasteiger partial charge in [-0.3, -0.25) is 9.59 Å². The van der Waals surface area contributed by atoms with E-state index in [9.17, 15) is 27.2 Å². The third-order valence-electron chi connectivity index (χ3n) is 2.08. The van der Waals surface area contributed by atoms with Crippen LogP contribution in [-0.4, -0.2) is 29.9 Å². The lowest BCUT2D eigenvalue weighted by molar-refractivity contribution is -0.163. The quantitative estimate of drug-likeness (QED) is 0.624. The van der Waals surface area contributed by atoms with E-state index in [-0.39, 0.29) is 16.3 Å². The standard InChI is InChI=1S/C11H10F4N2O2S/c12-9(13)11(14,15)10(19)17-6-3-1-2-4-7(6)20-5-8(16)18/h1-4,9H,5H2,(H2,16,18)(H,17,19). The molecule has 0 aliphatic carbocycles. The van der Waals surface area contributed by atoms with Gasteiger partial charge in [-0.1, -0.05) is 12.1 Å². The number of anilines is 1. The lowest BCUT2D eigenvalue weighted by atomic mass is 10.2. The molecule has 9 heteroatoms. The second-order valence-corrected chi connectivity index (χ2v) is 4.65. The Balaban J connectivity index is 2.87. The zero-order valence-electron chi connectivity index (χ0n) is 9.91. The van der Waals surface area contributed by atoms with Gasteiger partial charge in [0.2, 0.25) is 5.91 Å². The van der Waals surface area contributed by atoms with Crippen molar-refractivity contribution in [2.45, 2.75) is 17.2 Å². The van der Waals surface area contributed by atoms with Crippen LogP contribution in [0.1, 0.15) is 0 Å². The molecule has 110 valence electrons. The van der Waals surface area contributed by atoms with Crippen LogP contribution >= 0.6 is 11.8 Å². The van der Waals surface area contributed by atoms with Crippen LogP contribution in [0, 0.1) is 0 Å². The first-order valence-electron chi connectivity index (χ1n) is 5.22. The molecule has 0 fully saturated rings. The van der Waals surface area contributed by atoms with Crippen molar-refractivity contribution in [2.24, 2.45) is 5.73 Å². The van der Waals surface area contributed by atoms with E-state index < -0.39 is 24.2 Å². The number of amides is 2. The van der Waals surface area contributed by atoms with Crippen molar-refractivity contribution >= 4 is 29.3 Å². The van der Waals surface area contributed by atoms with Gasteiger partial charge >= 0.3 is 18.3 Å². The van der Waals surface area contributed by atoms with Crippen LogP contribution in [0.2, 0.25) is 0 Å². The topological polar surface area (TPSA) is 72.2 Å². The van der Waals surface area contributed by atoms with E-state index in [1.807, 2.05) is 0 Å². The number of primary amides is 1. The van der Waals surface area contributed by atoms with Crippen LogP contribution in [0.5, 0.6) is 0 Å². The van der Waals surface area contributed by atoms with Gasteiger partial charge in [0.1, 0.15) is 0 Å². The summed E-state index contributed by atoms with van der Waals surface area (Å²) in [6, 6.07) is 5.64. The van der Waals surface area contributed by atoms with E-state index in [0.29, 0.717) is 0 Å². The summed E-state index contributed by atoms with van der Waals surface area (Å²) in [5, 5.41) is 1.71. The Labute approximate surface area is 115 Å². The molecule has 0 unspecified atom stereocenters. The molecular formula is C11H10F4N2O2S. The predicted molar refractivity (Wildman–Crippen MR) is 65.9 cm³/mol. The van der Waals surface area contributed by atoms with E-state index in [1.165, 1.54) is 24.3 Å². The highest BCUT2D eigenvalue weighted by atomic mass is 32.2. The van der Waals surface area contributed by atoms with Crippen molar-refractivity contribution in [3.8, 4) is 0 Å². The second-order valence-electron chi connectivity index (χ2n) is 3.63. The third-order valence-corrected chi connectivity index (χ3v) is 3.18. The molecule has 0 saturated carbocycles. The number of hydrogen-bond donors (Lipinski definition) is 2. The van der Waals surface area contributed by atoms with Crippen LogP contribution < -0.4 is 11.1 Å². The summed E-state index contributed by atoms with van der Waals surface area (Å²) in [6.07, 6.45) is -4.10. The fourth-order valence-corrected chi connectivity index (χ4v) is 1.90. The molecule has 0 bridgehead atoms. The van der Waals surface area contributed by atoms with Crippen LogP contribution in [-0.2, 0) is 9.59 Å². The number of alkyl halides is 4. The van der Waals surface area contributed by atoms with Gasteiger partial charge < -0.3 is 11.1 Å². The fourth-order valence-electron chi connectivity index (χ4n) is 1.15. The Kier molecular flexibility index (Phi) is 5.37. The summed E-state index contributed by atoms with van der Waals surface area (Å²) in [5.41, 5.74) is 4.84. The van der Waals surface area contributed by atoms with Crippen molar-refractivity contribution in [3.63, 3.8) is 0 Å². The molecule has 0 saturated heterocycles. The SMILES string of the molecule is NC(=O)CSc1ccccc1NC(=O)C(F)(F)C(F)F. The molecule has 1 aromatic carbocycles. The van der Waals surface area contributed by atoms with Gasteiger partial charge in [0.25, 0.3) is 0 Å². The maximum absolute atomic E-state index is 12.8. The number of rotatable bonds is 6. The number of nitrogens with one attached hydrogen (secondary N) is 1. The summed E-state index contributed by atoms with van der Waals surface area (Å²) in [7, 11) is 0. The molecule has 0 aliphatic rings. The van der Waals surface area contributed by atoms with Gasteiger partial charge in [0.05, 0.1) is 11.4 Å². The number of carbonyl (C=O) groups excluding carboxylic acids is 2. The zero-order valence-corrected chi connectivity index (χ0v) is 10.7. The lowest BCUT2D eigenvalue weighted by Crippen LogP contribution is -2.41. The molecular weight excluding hydrogens is 300 g/mol. The molecule has 1 aromatic rings. The Morgan fingerprint density at radius 2 is 1.90 bits per heavy atom. The van der Waals surface area contributed by atoms with Crippen molar-refractivity contribution in [1.29, 1.82) is 0 Å². The number of para-hydroxylation sites is 1. The first kappa shape index (κ1) is 16.3. The molecule has 1 rings (SSSR count). The number of thioether (sulfide) groups is 1. The fraction of sp³-hybridized carbons (Fsp3) is 0.273. The highest BCUT2D eigenvalue weighted by Gasteiger charge is 2.49. The minimum atomic E-state index is -4.79. The first-order valence-corrected chi connectivity index (χ1v) is 6.21. The predicted octanol–water partition coefficient (Wildman–Crippen LogP) is 2.10. The third kappa shape index (κ3) is 4.12. The smallest absolute Gasteiger partial charge is 0.369 e. The maximum atomic E-state index is 12.8.